The third-order valence-electron chi connectivity index (χ3n) is 4.49. The van der Waals surface area contributed by atoms with Crippen molar-refractivity contribution in [2.24, 2.45) is 5.92 Å². The summed E-state index contributed by atoms with van der Waals surface area (Å²) in [7, 11) is 2.22. The van der Waals surface area contributed by atoms with Crippen LogP contribution in [0.2, 0.25) is 0 Å². The van der Waals surface area contributed by atoms with Crippen LogP contribution in [-0.2, 0) is 4.79 Å². The minimum absolute atomic E-state index is 0.0393. The van der Waals surface area contributed by atoms with Crippen molar-refractivity contribution in [1.82, 2.24) is 10.2 Å². The molecule has 1 saturated carbocycles. The summed E-state index contributed by atoms with van der Waals surface area (Å²) < 4.78 is 0. The molecule has 0 radical (unpaired) electrons. The molecule has 1 rings (SSSR count). The molecule has 2 N–H and O–H groups in total. The number of carboxylic acids is 1. The second-order valence-electron chi connectivity index (χ2n) is 6.00. The molecule has 0 bridgehead atoms. The smallest absolute Gasteiger partial charge is 0.307 e. The Labute approximate surface area is 117 Å². The van der Waals surface area contributed by atoms with E-state index < -0.39 is 5.97 Å². The Bertz CT molecular complexity index is 265. The lowest BCUT2D eigenvalue weighted by atomic mass is 9.94. The van der Waals surface area contributed by atoms with Crippen LogP contribution in [0, 0.1) is 5.92 Å². The third kappa shape index (κ3) is 5.91. The molecule has 0 aliphatic heterocycles. The summed E-state index contributed by atoms with van der Waals surface area (Å²) in [5, 5.41) is 12.2. The lowest BCUT2D eigenvalue weighted by molar-refractivity contribution is -0.141. The SMILES string of the molecule is CC(NCCCN(C)C1CCCCC1)C(C)C(=O)O. The quantitative estimate of drug-likeness (QED) is 0.665. The molecule has 2 unspecified atom stereocenters. The highest BCUT2D eigenvalue weighted by molar-refractivity contribution is 5.70. The van der Waals surface area contributed by atoms with Gasteiger partial charge in [-0.2, -0.15) is 0 Å². The summed E-state index contributed by atoms with van der Waals surface area (Å²) in [6.07, 6.45) is 7.92. The van der Waals surface area contributed by atoms with E-state index in [0.29, 0.717) is 0 Å². The summed E-state index contributed by atoms with van der Waals surface area (Å²) in [6, 6.07) is 0.807. The Morgan fingerprint density at radius 1 is 1.32 bits per heavy atom. The second-order valence-corrected chi connectivity index (χ2v) is 6.00. The number of hydrogen-bond acceptors (Lipinski definition) is 3. The Kier molecular flexibility index (Phi) is 7.39. The first kappa shape index (κ1) is 16.4. The molecule has 0 saturated heterocycles. The summed E-state index contributed by atoms with van der Waals surface area (Å²) in [6.45, 7) is 5.71. The van der Waals surface area contributed by atoms with E-state index >= 15 is 0 Å². The van der Waals surface area contributed by atoms with Gasteiger partial charge in [-0.05, 0) is 46.3 Å². The lowest BCUT2D eigenvalue weighted by Crippen LogP contribution is -2.39. The standard InChI is InChI=1S/C15H30N2O2/c1-12(15(18)19)13(2)16-10-7-11-17(3)14-8-5-4-6-9-14/h12-14,16H,4-11H2,1-3H3,(H,18,19). The number of carbonyl (C=O) groups is 1. The minimum Gasteiger partial charge on any atom is -0.481 e. The summed E-state index contributed by atoms with van der Waals surface area (Å²) >= 11 is 0. The van der Waals surface area contributed by atoms with Gasteiger partial charge in [-0.1, -0.05) is 26.2 Å². The summed E-state index contributed by atoms with van der Waals surface area (Å²) in [5.41, 5.74) is 0. The van der Waals surface area contributed by atoms with Crippen molar-refractivity contribution in [3.63, 3.8) is 0 Å². The normalized spacial score (nSPS) is 20.4. The lowest BCUT2D eigenvalue weighted by Gasteiger charge is -2.31. The van der Waals surface area contributed by atoms with Crippen molar-refractivity contribution >= 4 is 5.97 Å². The van der Waals surface area contributed by atoms with E-state index in [9.17, 15) is 4.79 Å². The number of hydrogen-bond donors (Lipinski definition) is 2. The average molecular weight is 270 g/mol. The first-order chi connectivity index (χ1) is 9.02. The fraction of sp³-hybridized carbons (Fsp3) is 0.933. The molecule has 0 aromatic heterocycles. The first-order valence-corrected chi connectivity index (χ1v) is 7.68. The zero-order valence-corrected chi connectivity index (χ0v) is 12.7. The van der Waals surface area contributed by atoms with E-state index in [4.69, 9.17) is 5.11 Å². The van der Waals surface area contributed by atoms with Crippen molar-refractivity contribution in [3.05, 3.63) is 0 Å². The molecular formula is C15H30N2O2. The second kappa shape index (κ2) is 8.54. The number of nitrogens with one attached hydrogen (secondary N) is 1. The maximum absolute atomic E-state index is 10.8. The Hall–Kier alpha value is -0.610. The molecule has 112 valence electrons. The van der Waals surface area contributed by atoms with Crippen molar-refractivity contribution < 1.29 is 9.90 Å². The van der Waals surface area contributed by atoms with Crippen molar-refractivity contribution in [3.8, 4) is 0 Å². The molecular weight excluding hydrogens is 240 g/mol. The highest BCUT2D eigenvalue weighted by Crippen LogP contribution is 2.21. The molecule has 19 heavy (non-hydrogen) atoms. The Morgan fingerprint density at radius 2 is 1.95 bits per heavy atom. The molecule has 4 nitrogen and oxygen atoms in total. The van der Waals surface area contributed by atoms with Crippen LogP contribution in [0.4, 0.5) is 0 Å². The van der Waals surface area contributed by atoms with Crippen molar-refractivity contribution in [2.75, 3.05) is 20.1 Å². The van der Waals surface area contributed by atoms with Crippen LogP contribution in [0.25, 0.3) is 0 Å². The van der Waals surface area contributed by atoms with Gasteiger partial charge in [0.15, 0.2) is 0 Å². The molecule has 0 amide bonds. The topological polar surface area (TPSA) is 52.6 Å². The van der Waals surface area contributed by atoms with Gasteiger partial charge in [0.05, 0.1) is 5.92 Å². The predicted octanol–water partition coefficient (Wildman–Crippen LogP) is 2.34. The van der Waals surface area contributed by atoms with Gasteiger partial charge in [0, 0.05) is 12.1 Å². The largest absolute Gasteiger partial charge is 0.481 e. The van der Waals surface area contributed by atoms with Gasteiger partial charge in [-0.15, -0.1) is 0 Å². The van der Waals surface area contributed by atoms with Gasteiger partial charge in [0.25, 0.3) is 0 Å². The van der Waals surface area contributed by atoms with Crippen molar-refractivity contribution in [2.45, 2.75) is 64.5 Å². The van der Waals surface area contributed by atoms with Gasteiger partial charge in [-0.25, -0.2) is 0 Å². The molecule has 0 spiro atoms. The highest BCUT2D eigenvalue weighted by Gasteiger charge is 2.19. The third-order valence-corrected chi connectivity index (χ3v) is 4.49. The number of aliphatic carboxylic acids is 1. The zero-order chi connectivity index (χ0) is 14.3. The average Bonchev–Trinajstić information content (AvgIpc) is 2.43. The fourth-order valence-corrected chi connectivity index (χ4v) is 2.75. The number of rotatable bonds is 8. The van der Waals surface area contributed by atoms with Gasteiger partial charge in [0.2, 0.25) is 0 Å². The van der Waals surface area contributed by atoms with E-state index in [1.165, 1.54) is 32.1 Å². The zero-order valence-electron chi connectivity index (χ0n) is 12.7. The van der Waals surface area contributed by atoms with E-state index in [-0.39, 0.29) is 12.0 Å². The number of carboxylic acid groups (broad SMARTS) is 1. The molecule has 0 aromatic carbocycles. The molecule has 4 heteroatoms. The first-order valence-electron chi connectivity index (χ1n) is 7.68. The molecule has 1 aliphatic carbocycles. The monoisotopic (exact) mass is 270 g/mol. The van der Waals surface area contributed by atoms with E-state index in [2.05, 4.69) is 17.3 Å². The summed E-state index contributed by atoms with van der Waals surface area (Å²) in [4.78, 5) is 13.3. The van der Waals surface area contributed by atoms with E-state index in [1.54, 1.807) is 6.92 Å². The van der Waals surface area contributed by atoms with E-state index in [1.807, 2.05) is 6.92 Å². The van der Waals surface area contributed by atoms with Crippen LogP contribution in [0.1, 0.15) is 52.4 Å². The fourth-order valence-electron chi connectivity index (χ4n) is 2.75. The molecule has 0 aromatic rings. The highest BCUT2D eigenvalue weighted by atomic mass is 16.4. The van der Waals surface area contributed by atoms with Gasteiger partial charge in [-0.3, -0.25) is 4.79 Å². The maximum Gasteiger partial charge on any atom is 0.307 e. The molecule has 0 heterocycles. The minimum atomic E-state index is -0.723. The molecule has 1 fully saturated rings. The van der Waals surface area contributed by atoms with E-state index in [0.717, 1.165) is 25.6 Å². The van der Waals surface area contributed by atoms with Crippen LogP contribution in [-0.4, -0.2) is 48.2 Å². The van der Waals surface area contributed by atoms with Crippen LogP contribution in [0.15, 0.2) is 0 Å². The molecule has 1 aliphatic rings. The Morgan fingerprint density at radius 3 is 2.53 bits per heavy atom. The summed E-state index contributed by atoms with van der Waals surface area (Å²) in [5.74, 6) is -1.05. The van der Waals surface area contributed by atoms with Crippen LogP contribution < -0.4 is 5.32 Å². The van der Waals surface area contributed by atoms with Crippen molar-refractivity contribution in [1.29, 1.82) is 0 Å². The molecule has 2 atom stereocenters. The maximum atomic E-state index is 10.8. The van der Waals surface area contributed by atoms with Gasteiger partial charge in [0.1, 0.15) is 0 Å². The Balaban J connectivity index is 2.11. The van der Waals surface area contributed by atoms with Gasteiger partial charge >= 0.3 is 5.97 Å². The number of nitrogens with zero attached hydrogens (tertiary/aromatic N) is 1. The van der Waals surface area contributed by atoms with Crippen LogP contribution >= 0.6 is 0 Å². The van der Waals surface area contributed by atoms with Crippen LogP contribution in [0.3, 0.4) is 0 Å². The van der Waals surface area contributed by atoms with Crippen LogP contribution in [0.5, 0.6) is 0 Å². The van der Waals surface area contributed by atoms with Gasteiger partial charge < -0.3 is 15.3 Å². The predicted molar refractivity (Wildman–Crippen MR) is 78.4 cm³/mol.